The fourth-order valence-electron chi connectivity index (χ4n) is 2.41. The lowest BCUT2D eigenvalue weighted by Gasteiger charge is -2.10. The summed E-state index contributed by atoms with van der Waals surface area (Å²) in [6, 6.07) is 17.0. The minimum Gasteiger partial charge on any atom is -0.481 e. The Morgan fingerprint density at radius 3 is 2.50 bits per heavy atom. The van der Waals surface area contributed by atoms with E-state index in [0.29, 0.717) is 25.9 Å². The number of aliphatic hydroxyl groups excluding tert-OH is 1. The summed E-state index contributed by atoms with van der Waals surface area (Å²) in [5.74, 6) is 6.38. The molecule has 0 aromatic heterocycles. The monoisotopic (exact) mass is 353 g/mol. The van der Waals surface area contributed by atoms with E-state index in [-0.39, 0.29) is 6.42 Å². The first-order chi connectivity index (χ1) is 12.7. The minimum absolute atomic E-state index is 0.253. The number of carbonyl (C=O) groups excluding carboxylic acids is 1. The predicted molar refractivity (Wildman–Crippen MR) is 98.6 cm³/mol. The average Bonchev–Trinajstić information content (AvgIpc) is 2.69. The summed E-state index contributed by atoms with van der Waals surface area (Å²) in [7, 11) is 0. The van der Waals surface area contributed by atoms with Crippen LogP contribution in [-0.2, 0) is 4.79 Å². The van der Waals surface area contributed by atoms with Crippen LogP contribution in [0.3, 0.4) is 0 Å². The smallest absolute Gasteiger partial charge is 0.243 e. The molecule has 0 fully saturated rings. The largest absolute Gasteiger partial charge is 0.481 e. The predicted octanol–water partition coefficient (Wildman–Crippen LogP) is 3.22. The molecule has 0 aliphatic heterocycles. The summed E-state index contributed by atoms with van der Waals surface area (Å²) in [6.45, 7) is 0.315. The Bertz CT molecular complexity index is 732. The van der Waals surface area contributed by atoms with Crippen LogP contribution in [0.15, 0.2) is 54.6 Å². The van der Waals surface area contributed by atoms with E-state index in [1.807, 2.05) is 54.6 Å². The van der Waals surface area contributed by atoms with E-state index >= 15 is 0 Å². The topological polar surface area (TPSA) is 78.8 Å². The molecule has 0 bridgehead atoms. The molecule has 1 atom stereocenters. The molecule has 0 heterocycles. The zero-order valence-electron chi connectivity index (χ0n) is 14.5. The SMILES string of the molecule is O=C(CCCC[C@@H](O)c1ccc(C#CCOc2ccccc2)cc1)NO. The number of carbonyl (C=O) groups is 1. The summed E-state index contributed by atoms with van der Waals surface area (Å²) < 4.78 is 5.51. The molecule has 2 aromatic carbocycles. The van der Waals surface area contributed by atoms with E-state index in [0.717, 1.165) is 16.9 Å². The Balaban J connectivity index is 1.75. The molecule has 2 rings (SSSR count). The van der Waals surface area contributed by atoms with Crippen molar-refractivity contribution in [1.82, 2.24) is 5.48 Å². The Morgan fingerprint density at radius 2 is 1.81 bits per heavy atom. The third kappa shape index (κ3) is 6.98. The maximum absolute atomic E-state index is 10.9. The first-order valence-electron chi connectivity index (χ1n) is 8.56. The molecule has 5 heteroatoms. The number of hydrogen-bond donors (Lipinski definition) is 3. The standard InChI is InChI=1S/C21H23NO4/c23-20(10-4-5-11-21(24)22-25)18-14-12-17(13-15-18)7-6-16-26-19-8-2-1-3-9-19/h1-3,8-9,12-15,20,23,25H,4-5,10-11,16H2,(H,22,24)/t20-/m1/s1. The van der Waals surface area contributed by atoms with Crippen LogP contribution in [0.2, 0.25) is 0 Å². The van der Waals surface area contributed by atoms with Gasteiger partial charge in [-0.15, -0.1) is 0 Å². The van der Waals surface area contributed by atoms with Crippen LogP contribution >= 0.6 is 0 Å². The van der Waals surface area contributed by atoms with Gasteiger partial charge in [0.15, 0.2) is 0 Å². The third-order valence-electron chi connectivity index (χ3n) is 3.84. The van der Waals surface area contributed by atoms with Crippen LogP contribution in [0, 0.1) is 11.8 Å². The molecule has 5 nitrogen and oxygen atoms in total. The second kappa shape index (κ2) is 10.9. The van der Waals surface area contributed by atoms with Gasteiger partial charge < -0.3 is 9.84 Å². The fourth-order valence-corrected chi connectivity index (χ4v) is 2.41. The van der Waals surface area contributed by atoms with Crippen molar-refractivity contribution in [3.63, 3.8) is 0 Å². The number of aliphatic hydroxyl groups is 1. The Hall–Kier alpha value is -2.81. The van der Waals surface area contributed by atoms with Gasteiger partial charge in [0, 0.05) is 12.0 Å². The summed E-state index contributed by atoms with van der Waals surface area (Å²) in [5.41, 5.74) is 3.28. The van der Waals surface area contributed by atoms with Crippen LogP contribution in [0.5, 0.6) is 5.75 Å². The zero-order chi connectivity index (χ0) is 18.6. The molecular weight excluding hydrogens is 330 g/mol. The van der Waals surface area contributed by atoms with Crippen molar-refractivity contribution in [3.05, 3.63) is 65.7 Å². The molecule has 0 saturated carbocycles. The minimum atomic E-state index is -0.574. The van der Waals surface area contributed by atoms with Gasteiger partial charge in [-0.3, -0.25) is 10.0 Å². The highest BCUT2D eigenvalue weighted by Gasteiger charge is 2.07. The molecule has 0 radical (unpaired) electrons. The summed E-state index contributed by atoms with van der Waals surface area (Å²) in [6.07, 6.45) is 1.56. The number of amides is 1. The number of hydrogen-bond acceptors (Lipinski definition) is 4. The second-order valence-electron chi connectivity index (χ2n) is 5.82. The van der Waals surface area contributed by atoms with Gasteiger partial charge in [0.1, 0.15) is 12.4 Å². The van der Waals surface area contributed by atoms with Gasteiger partial charge in [-0.1, -0.05) is 48.6 Å². The number of para-hydroxylation sites is 1. The maximum Gasteiger partial charge on any atom is 0.243 e. The molecular formula is C21H23NO4. The number of hydroxylamine groups is 1. The summed E-state index contributed by atoms with van der Waals surface area (Å²) in [5, 5.41) is 18.6. The van der Waals surface area contributed by atoms with E-state index in [1.165, 1.54) is 0 Å². The summed E-state index contributed by atoms with van der Waals surface area (Å²) >= 11 is 0. The maximum atomic E-state index is 10.9. The average molecular weight is 353 g/mol. The Labute approximate surface area is 153 Å². The summed E-state index contributed by atoms with van der Waals surface area (Å²) in [4.78, 5) is 10.9. The van der Waals surface area contributed by atoms with Gasteiger partial charge in [0.05, 0.1) is 6.10 Å². The lowest BCUT2D eigenvalue weighted by Crippen LogP contribution is -2.17. The van der Waals surface area contributed by atoms with Crippen LogP contribution in [0.4, 0.5) is 0 Å². The quantitative estimate of drug-likeness (QED) is 0.295. The van der Waals surface area contributed by atoms with Crippen molar-refractivity contribution in [2.45, 2.75) is 31.8 Å². The van der Waals surface area contributed by atoms with Gasteiger partial charge in [-0.05, 0) is 42.7 Å². The number of unbranched alkanes of at least 4 members (excludes halogenated alkanes) is 1. The molecule has 0 saturated heterocycles. The Morgan fingerprint density at radius 1 is 1.08 bits per heavy atom. The lowest BCUT2D eigenvalue weighted by atomic mass is 10.0. The van der Waals surface area contributed by atoms with Crippen LogP contribution in [0.25, 0.3) is 0 Å². The Kier molecular flexibility index (Phi) is 8.20. The molecule has 1 amide bonds. The molecule has 0 aliphatic rings. The first-order valence-corrected chi connectivity index (χ1v) is 8.56. The van der Waals surface area contributed by atoms with E-state index in [9.17, 15) is 9.90 Å². The number of nitrogens with one attached hydrogen (secondary N) is 1. The van der Waals surface area contributed by atoms with E-state index in [4.69, 9.17) is 9.94 Å². The second-order valence-corrected chi connectivity index (χ2v) is 5.82. The number of benzene rings is 2. The molecule has 0 spiro atoms. The van der Waals surface area contributed by atoms with Crippen molar-refractivity contribution in [1.29, 1.82) is 0 Å². The van der Waals surface area contributed by atoms with E-state index in [2.05, 4.69) is 11.8 Å². The highest BCUT2D eigenvalue weighted by Crippen LogP contribution is 2.20. The van der Waals surface area contributed by atoms with Crippen molar-refractivity contribution in [2.24, 2.45) is 0 Å². The van der Waals surface area contributed by atoms with Gasteiger partial charge in [-0.2, -0.15) is 0 Å². The van der Waals surface area contributed by atoms with E-state index < -0.39 is 12.0 Å². The molecule has 136 valence electrons. The van der Waals surface area contributed by atoms with Crippen LogP contribution in [-0.4, -0.2) is 22.8 Å². The van der Waals surface area contributed by atoms with Gasteiger partial charge in [0.2, 0.25) is 5.91 Å². The van der Waals surface area contributed by atoms with Crippen molar-refractivity contribution in [3.8, 4) is 17.6 Å². The van der Waals surface area contributed by atoms with Gasteiger partial charge in [-0.25, -0.2) is 5.48 Å². The fraction of sp³-hybridized carbons (Fsp3) is 0.286. The normalized spacial score (nSPS) is 11.2. The number of rotatable bonds is 8. The van der Waals surface area contributed by atoms with Gasteiger partial charge >= 0.3 is 0 Å². The molecule has 26 heavy (non-hydrogen) atoms. The highest BCUT2D eigenvalue weighted by molar-refractivity contribution is 5.74. The van der Waals surface area contributed by atoms with Crippen molar-refractivity contribution >= 4 is 5.91 Å². The molecule has 0 aliphatic carbocycles. The first kappa shape index (κ1) is 19.5. The molecule has 3 N–H and O–H groups in total. The van der Waals surface area contributed by atoms with E-state index in [1.54, 1.807) is 5.48 Å². The lowest BCUT2D eigenvalue weighted by molar-refractivity contribution is -0.129. The molecule has 2 aromatic rings. The third-order valence-corrected chi connectivity index (χ3v) is 3.84. The number of ether oxygens (including phenoxy) is 1. The van der Waals surface area contributed by atoms with Gasteiger partial charge in [0.25, 0.3) is 0 Å². The van der Waals surface area contributed by atoms with Crippen molar-refractivity contribution < 1.29 is 19.8 Å². The highest BCUT2D eigenvalue weighted by atomic mass is 16.5. The van der Waals surface area contributed by atoms with Crippen LogP contribution < -0.4 is 10.2 Å². The zero-order valence-corrected chi connectivity index (χ0v) is 14.5. The molecule has 0 unspecified atom stereocenters. The van der Waals surface area contributed by atoms with Crippen LogP contribution in [0.1, 0.15) is 42.9 Å². The van der Waals surface area contributed by atoms with Crippen molar-refractivity contribution in [2.75, 3.05) is 6.61 Å².